The van der Waals surface area contributed by atoms with Crippen LogP contribution >= 0.6 is 0 Å². The quantitative estimate of drug-likeness (QED) is 0.178. The maximum atomic E-state index is 6.64. The summed E-state index contributed by atoms with van der Waals surface area (Å²) in [4.78, 5) is 0. The van der Waals surface area contributed by atoms with Gasteiger partial charge in [-0.3, -0.25) is 0 Å². The lowest BCUT2D eigenvalue weighted by Crippen LogP contribution is -1.93. The number of hydrogen-bond donors (Lipinski definition) is 0. The van der Waals surface area contributed by atoms with E-state index in [0.717, 1.165) is 143 Å². The fraction of sp³-hybridized carbons (Fsp3) is 0. The van der Waals surface area contributed by atoms with Gasteiger partial charge in [0.1, 0.15) is 44.7 Å². The molecule has 6 aromatic heterocycles. The predicted octanol–water partition coefficient (Wildman–Crippen LogP) is 17.1. The molecule has 10 aromatic carbocycles. The molecule has 0 aliphatic carbocycles. The van der Waals surface area contributed by atoms with E-state index in [0.29, 0.717) is 0 Å². The van der Waals surface area contributed by atoms with Gasteiger partial charge in [0.05, 0.1) is 27.5 Å². The van der Waals surface area contributed by atoms with Crippen molar-refractivity contribution >= 4 is 131 Å². The number of nitrogens with zero attached hydrogens (tertiary/aromatic N) is 2. The lowest BCUT2D eigenvalue weighted by atomic mass is 9.99. The van der Waals surface area contributed by atoms with Crippen molar-refractivity contribution in [2.24, 2.45) is 0 Å². The van der Waals surface area contributed by atoms with Gasteiger partial charge in [0.25, 0.3) is 0 Å². The van der Waals surface area contributed by atoms with Crippen molar-refractivity contribution in [1.29, 1.82) is 0 Å². The van der Waals surface area contributed by atoms with Crippen molar-refractivity contribution in [3.05, 3.63) is 194 Å². The SMILES string of the molecule is c1ccc2c(c1)oc1ccc(-n3c4ccccc4c4c5c(ccc43)oc3ccc(-c4ccc6c(c4)oc4ccc(-n7c8ccccc8c8c9oc%10ccccc%10c9ccc87)cc46)cc35)cc12. The Kier molecular flexibility index (Phi) is 6.47. The molecule has 0 saturated heterocycles. The van der Waals surface area contributed by atoms with Crippen LogP contribution < -0.4 is 0 Å². The summed E-state index contributed by atoms with van der Waals surface area (Å²) in [5, 5.41) is 13.4. The Morgan fingerprint density at radius 3 is 1.45 bits per heavy atom. The van der Waals surface area contributed by atoms with Gasteiger partial charge >= 0.3 is 0 Å². The second kappa shape index (κ2) is 12.4. The molecule has 16 rings (SSSR count). The molecule has 66 heavy (non-hydrogen) atoms. The van der Waals surface area contributed by atoms with Gasteiger partial charge in [0.2, 0.25) is 0 Å². The van der Waals surface area contributed by atoms with Crippen molar-refractivity contribution in [2.75, 3.05) is 0 Å². The Morgan fingerprint density at radius 2 is 0.712 bits per heavy atom. The first-order chi connectivity index (χ1) is 32.7. The van der Waals surface area contributed by atoms with E-state index in [-0.39, 0.29) is 0 Å². The number of para-hydroxylation sites is 4. The van der Waals surface area contributed by atoms with Gasteiger partial charge in [-0.05, 0) is 120 Å². The molecule has 0 bridgehead atoms. The zero-order valence-electron chi connectivity index (χ0n) is 35.0. The summed E-state index contributed by atoms with van der Waals surface area (Å²) >= 11 is 0. The number of rotatable bonds is 3. The highest BCUT2D eigenvalue weighted by molar-refractivity contribution is 6.28. The number of aromatic nitrogens is 2. The first kappa shape index (κ1) is 34.5. The van der Waals surface area contributed by atoms with Gasteiger partial charge in [0.15, 0.2) is 0 Å². The fourth-order valence-corrected chi connectivity index (χ4v) is 11.2. The monoisotopic (exact) mass is 844 g/mol. The first-order valence-electron chi connectivity index (χ1n) is 22.3. The molecule has 0 saturated carbocycles. The summed E-state index contributed by atoms with van der Waals surface area (Å²) < 4.78 is 30.7. The molecule has 0 spiro atoms. The third-order valence-corrected chi connectivity index (χ3v) is 14.1. The third kappa shape index (κ3) is 4.49. The Hall–Kier alpha value is -9.00. The van der Waals surface area contributed by atoms with Crippen LogP contribution in [0.5, 0.6) is 0 Å². The van der Waals surface area contributed by atoms with E-state index >= 15 is 0 Å². The maximum absolute atomic E-state index is 6.64. The van der Waals surface area contributed by atoms with E-state index in [1.807, 2.05) is 24.3 Å². The molecule has 6 nitrogen and oxygen atoms in total. The molecule has 0 radical (unpaired) electrons. The van der Waals surface area contributed by atoms with Gasteiger partial charge in [-0.25, -0.2) is 0 Å². The number of furan rings is 4. The molecule has 0 atom stereocenters. The van der Waals surface area contributed by atoms with Gasteiger partial charge < -0.3 is 26.8 Å². The molecular formula is C60H32N2O4. The van der Waals surface area contributed by atoms with Crippen molar-refractivity contribution in [3.63, 3.8) is 0 Å². The van der Waals surface area contributed by atoms with Gasteiger partial charge in [-0.15, -0.1) is 0 Å². The zero-order chi connectivity index (χ0) is 42.8. The van der Waals surface area contributed by atoms with E-state index in [9.17, 15) is 0 Å². The third-order valence-electron chi connectivity index (χ3n) is 14.1. The Bertz CT molecular complexity index is 4780. The molecule has 6 heterocycles. The Balaban J connectivity index is 0.845. The minimum Gasteiger partial charge on any atom is -0.456 e. The summed E-state index contributed by atoms with van der Waals surface area (Å²) in [7, 11) is 0. The summed E-state index contributed by atoms with van der Waals surface area (Å²) in [6, 6.07) is 68.7. The van der Waals surface area contributed by atoms with E-state index < -0.39 is 0 Å². The van der Waals surface area contributed by atoms with Crippen molar-refractivity contribution in [2.45, 2.75) is 0 Å². The molecule has 0 aliphatic rings. The lowest BCUT2D eigenvalue weighted by Gasteiger charge is -2.08. The minimum absolute atomic E-state index is 0.843. The molecule has 6 heteroatoms. The number of fused-ring (bicyclic) bond motifs is 20. The molecule has 0 fully saturated rings. The molecule has 306 valence electrons. The number of benzene rings is 10. The maximum Gasteiger partial charge on any atom is 0.145 e. The Morgan fingerprint density at radius 1 is 0.242 bits per heavy atom. The predicted molar refractivity (Wildman–Crippen MR) is 270 cm³/mol. The number of hydrogen-bond acceptors (Lipinski definition) is 4. The van der Waals surface area contributed by atoms with Crippen LogP contribution in [0.15, 0.2) is 212 Å². The molecular weight excluding hydrogens is 813 g/mol. The molecule has 0 amide bonds. The largest absolute Gasteiger partial charge is 0.456 e. The van der Waals surface area contributed by atoms with Crippen LogP contribution in [0.25, 0.3) is 154 Å². The second-order valence-electron chi connectivity index (χ2n) is 17.6. The van der Waals surface area contributed by atoms with Gasteiger partial charge in [-0.2, -0.15) is 0 Å². The standard InChI is InChI=1S/C60H32N2O4/c1-5-13-46-41(11-1)57-48(61(46)35-19-26-52-43(31-35)38-10-4-7-15-50(38)63-52)24-28-55-59(57)45-29-33(18-25-54(45)64-55)34-17-21-39-44-32-36(20-27-53(44)65-56(39)30-34)62-47-14-6-2-12-42(47)58-49(62)23-22-40-37-9-3-8-16-51(37)66-60(40)58/h1-32H. The highest BCUT2D eigenvalue weighted by Crippen LogP contribution is 2.45. The van der Waals surface area contributed by atoms with E-state index in [4.69, 9.17) is 17.7 Å². The van der Waals surface area contributed by atoms with E-state index in [1.54, 1.807) is 0 Å². The summed E-state index contributed by atoms with van der Waals surface area (Å²) in [6.45, 7) is 0. The van der Waals surface area contributed by atoms with Crippen LogP contribution in [-0.4, -0.2) is 9.13 Å². The van der Waals surface area contributed by atoms with Crippen LogP contribution in [0.1, 0.15) is 0 Å². The van der Waals surface area contributed by atoms with Crippen LogP contribution in [0, 0.1) is 0 Å². The molecule has 0 aliphatic heterocycles. The normalized spacial score (nSPS) is 12.5. The Labute approximate surface area is 373 Å². The zero-order valence-corrected chi connectivity index (χ0v) is 35.0. The highest BCUT2D eigenvalue weighted by atomic mass is 16.3. The van der Waals surface area contributed by atoms with E-state index in [1.165, 1.54) is 10.8 Å². The van der Waals surface area contributed by atoms with Crippen molar-refractivity contribution in [3.8, 4) is 22.5 Å². The topological polar surface area (TPSA) is 62.4 Å². The smallest absolute Gasteiger partial charge is 0.145 e. The molecule has 16 aromatic rings. The summed E-state index contributed by atoms with van der Waals surface area (Å²) in [5.74, 6) is 0. The van der Waals surface area contributed by atoms with Crippen molar-refractivity contribution < 1.29 is 17.7 Å². The lowest BCUT2D eigenvalue weighted by molar-refractivity contribution is 0.668. The van der Waals surface area contributed by atoms with Crippen LogP contribution in [0.3, 0.4) is 0 Å². The minimum atomic E-state index is 0.843. The average molecular weight is 845 g/mol. The molecule has 0 N–H and O–H groups in total. The average Bonchev–Trinajstić information content (AvgIpc) is 4.22. The fourth-order valence-electron chi connectivity index (χ4n) is 11.2. The first-order valence-corrected chi connectivity index (χ1v) is 22.3. The van der Waals surface area contributed by atoms with Gasteiger partial charge in [-0.1, -0.05) is 84.9 Å². The van der Waals surface area contributed by atoms with Gasteiger partial charge in [0, 0.05) is 70.6 Å². The molecule has 0 unspecified atom stereocenters. The highest BCUT2D eigenvalue weighted by Gasteiger charge is 2.22. The second-order valence-corrected chi connectivity index (χ2v) is 17.6. The van der Waals surface area contributed by atoms with Crippen LogP contribution in [-0.2, 0) is 0 Å². The van der Waals surface area contributed by atoms with Crippen LogP contribution in [0.2, 0.25) is 0 Å². The summed E-state index contributed by atoms with van der Waals surface area (Å²) in [5.41, 5.74) is 15.8. The van der Waals surface area contributed by atoms with E-state index in [2.05, 4.69) is 179 Å². The van der Waals surface area contributed by atoms with Crippen LogP contribution in [0.4, 0.5) is 0 Å². The van der Waals surface area contributed by atoms with Crippen molar-refractivity contribution in [1.82, 2.24) is 9.13 Å². The summed E-state index contributed by atoms with van der Waals surface area (Å²) in [6.07, 6.45) is 0.